The monoisotopic (exact) mass is 252 g/mol. The Bertz CT molecular complexity index is 248. The molecule has 1 heterocycles. The molecule has 2 nitrogen and oxygen atoms in total. The molecule has 2 N–H and O–H groups in total. The van der Waals surface area contributed by atoms with Gasteiger partial charge in [0, 0.05) is 0 Å². The third-order valence-corrected chi connectivity index (χ3v) is 5.68. The lowest BCUT2D eigenvalue weighted by atomic mass is 9.54. The van der Waals surface area contributed by atoms with Crippen molar-refractivity contribution in [2.45, 2.75) is 52.4 Å². The van der Waals surface area contributed by atoms with Crippen LogP contribution in [0.2, 0.25) is 0 Å². The van der Waals surface area contributed by atoms with Gasteiger partial charge in [0.15, 0.2) is 0 Å². The quantitative estimate of drug-likeness (QED) is 0.814. The van der Waals surface area contributed by atoms with Crippen molar-refractivity contribution in [2.75, 3.05) is 26.7 Å². The van der Waals surface area contributed by atoms with Gasteiger partial charge in [-0.1, -0.05) is 13.8 Å². The number of nitrogens with zero attached hydrogens (tertiary/aromatic N) is 1. The second-order valence-electron chi connectivity index (χ2n) is 7.37. The highest BCUT2D eigenvalue weighted by Gasteiger charge is 2.46. The third kappa shape index (κ3) is 3.27. The van der Waals surface area contributed by atoms with Crippen LogP contribution in [0.4, 0.5) is 0 Å². The van der Waals surface area contributed by atoms with E-state index < -0.39 is 0 Å². The Hall–Kier alpha value is -0.0800. The smallest absolute Gasteiger partial charge is 0.00165 e. The van der Waals surface area contributed by atoms with Crippen molar-refractivity contribution in [3.8, 4) is 0 Å². The van der Waals surface area contributed by atoms with Crippen LogP contribution in [0.3, 0.4) is 0 Å². The lowest BCUT2D eigenvalue weighted by Crippen LogP contribution is -2.47. The minimum Gasteiger partial charge on any atom is -0.330 e. The average Bonchev–Trinajstić information content (AvgIpc) is 2.27. The normalized spacial score (nSPS) is 28.0. The minimum absolute atomic E-state index is 0.753. The molecule has 2 fully saturated rings. The number of hydrogen-bond acceptors (Lipinski definition) is 2. The van der Waals surface area contributed by atoms with Gasteiger partial charge in [0.05, 0.1) is 0 Å². The van der Waals surface area contributed by atoms with Crippen LogP contribution in [-0.4, -0.2) is 31.6 Å². The second-order valence-corrected chi connectivity index (χ2v) is 7.37. The Morgan fingerprint density at radius 2 is 1.83 bits per heavy atom. The summed E-state index contributed by atoms with van der Waals surface area (Å²) >= 11 is 0. The van der Waals surface area contributed by atoms with Crippen molar-refractivity contribution in [1.29, 1.82) is 0 Å². The highest BCUT2D eigenvalue weighted by atomic mass is 15.1. The first-order chi connectivity index (χ1) is 8.54. The molecule has 0 aromatic rings. The maximum atomic E-state index is 5.65. The second kappa shape index (κ2) is 5.92. The highest BCUT2D eigenvalue weighted by Crippen LogP contribution is 2.55. The number of hydrogen-bond donors (Lipinski definition) is 1. The van der Waals surface area contributed by atoms with Crippen LogP contribution in [0, 0.1) is 23.2 Å². The topological polar surface area (TPSA) is 29.3 Å². The summed E-state index contributed by atoms with van der Waals surface area (Å²) in [5.74, 6) is 2.74. The highest BCUT2D eigenvalue weighted by molar-refractivity contribution is 4.98. The SMILES string of the molecule is CC(CCN)CC(C)C1CC2(CCN(C)CC2)C1. The standard InChI is InChI=1S/C16H32N2/c1-13(4-7-17)10-14(2)15-11-16(12-15)5-8-18(3)9-6-16/h13-15H,4-12,17H2,1-3H3. The molecule has 2 heteroatoms. The summed E-state index contributed by atoms with van der Waals surface area (Å²) in [5, 5.41) is 0. The van der Waals surface area contributed by atoms with E-state index in [4.69, 9.17) is 5.73 Å². The first-order valence-electron chi connectivity index (χ1n) is 7.93. The van der Waals surface area contributed by atoms with Crippen molar-refractivity contribution in [1.82, 2.24) is 4.90 Å². The van der Waals surface area contributed by atoms with Crippen molar-refractivity contribution in [3.63, 3.8) is 0 Å². The van der Waals surface area contributed by atoms with Gasteiger partial charge in [-0.05, 0) is 88.4 Å². The molecule has 1 aliphatic carbocycles. The van der Waals surface area contributed by atoms with Gasteiger partial charge in [0.2, 0.25) is 0 Å². The van der Waals surface area contributed by atoms with Crippen LogP contribution >= 0.6 is 0 Å². The fourth-order valence-electron chi connectivity index (χ4n) is 4.19. The zero-order valence-electron chi connectivity index (χ0n) is 12.6. The first kappa shape index (κ1) is 14.3. The van der Waals surface area contributed by atoms with Crippen LogP contribution < -0.4 is 5.73 Å². The third-order valence-electron chi connectivity index (χ3n) is 5.68. The molecular formula is C16H32N2. The van der Waals surface area contributed by atoms with E-state index in [9.17, 15) is 0 Å². The molecule has 18 heavy (non-hydrogen) atoms. The van der Waals surface area contributed by atoms with E-state index in [0.29, 0.717) is 0 Å². The summed E-state index contributed by atoms with van der Waals surface area (Å²) in [6, 6.07) is 0. The summed E-state index contributed by atoms with van der Waals surface area (Å²) in [6.07, 6.45) is 8.51. The molecule has 0 bridgehead atoms. The van der Waals surface area contributed by atoms with Gasteiger partial charge in [-0.2, -0.15) is 0 Å². The van der Waals surface area contributed by atoms with E-state index in [-0.39, 0.29) is 0 Å². The van der Waals surface area contributed by atoms with Gasteiger partial charge >= 0.3 is 0 Å². The number of rotatable bonds is 5. The Morgan fingerprint density at radius 3 is 2.39 bits per heavy atom. The van der Waals surface area contributed by atoms with Gasteiger partial charge in [-0.25, -0.2) is 0 Å². The van der Waals surface area contributed by atoms with Crippen molar-refractivity contribution >= 4 is 0 Å². The first-order valence-corrected chi connectivity index (χ1v) is 7.93. The van der Waals surface area contributed by atoms with Crippen molar-refractivity contribution < 1.29 is 0 Å². The summed E-state index contributed by atoms with van der Waals surface area (Å²) in [4.78, 5) is 2.49. The van der Waals surface area contributed by atoms with E-state index in [1.165, 1.54) is 51.6 Å². The van der Waals surface area contributed by atoms with Crippen molar-refractivity contribution in [2.24, 2.45) is 28.9 Å². The largest absolute Gasteiger partial charge is 0.330 e. The predicted octanol–water partition coefficient (Wildman–Crippen LogP) is 3.12. The fourth-order valence-corrected chi connectivity index (χ4v) is 4.19. The van der Waals surface area contributed by atoms with E-state index in [2.05, 4.69) is 25.8 Å². The summed E-state index contributed by atoms with van der Waals surface area (Å²) < 4.78 is 0. The summed E-state index contributed by atoms with van der Waals surface area (Å²) in [6.45, 7) is 8.34. The Labute approximate surface area is 113 Å². The maximum Gasteiger partial charge on any atom is -0.00165 e. The number of nitrogens with two attached hydrogens (primary N) is 1. The molecule has 0 amide bonds. The number of likely N-dealkylation sites (tertiary alicyclic amines) is 1. The van der Waals surface area contributed by atoms with Gasteiger partial charge in [0.1, 0.15) is 0 Å². The molecule has 106 valence electrons. The van der Waals surface area contributed by atoms with Crippen LogP contribution in [0.5, 0.6) is 0 Å². The molecule has 1 spiro atoms. The molecule has 2 rings (SSSR count). The van der Waals surface area contributed by atoms with Gasteiger partial charge in [0.25, 0.3) is 0 Å². The van der Waals surface area contributed by atoms with E-state index in [1.54, 1.807) is 0 Å². The summed E-state index contributed by atoms with van der Waals surface area (Å²) in [5.41, 5.74) is 6.40. The molecule has 1 saturated heterocycles. The predicted molar refractivity (Wildman–Crippen MR) is 78.5 cm³/mol. The molecule has 0 radical (unpaired) electrons. The minimum atomic E-state index is 0.753. The molecule has 1 aliphatic heterocycles. The van der Waals surface area contributed by atoms with Crippen LogP contribution in [0.15, 0.2) is 0 Å². The molecule has 1 saturated carbocycles. The van der Waals surface area contributed by atoms with Gasteiger partial charge < -0.3 is 10.6 Å². The molecule has 2 atom stereocenters. The average molecular weight is 252 g/mol. The van der Waals surface area contributed by atoms with Crippen LogP contribution in [0.1, 0.15) is 52.4 Å². The lowest BCUT2D eigenvalue weighted by molar-refractivity contribution is -0.0327. The van der Waals surface area contributed by atoms with Crippen LogP contribution in [-0.2, 0) is 0 Å². The Balaban J connectivity index is 1.71. The van der Waals surface area contributed by atoms with Crippen LogP contribution in [0.25, 0.3) is 0 Å². The zero-order valence-corrected chi connectivity index (χ0v) is 12.6. The van der Waals surface area contributed by atoms with E-state index in [1.807, 2.05) is 0 Å². The maximum absolute atomic E-state index is 5.65. The molecule has 2 unspecified atom stereocenters. The Kier molecular flexibility index (Phi) is 4.71. The van der Waals surface area contributed by atoms with Gasteiger partial charge in [-0.3, -0.25) is 0 Å². The molecular weight excluding hydrogens is 220 g/mol. The zero-order chi connectivity index (χ0) is 13.2. The van der Waals surface area contributed by atoms with E-state index in [0.717, 1.165) is 29.7 Å². The molecule has 0 aromatic carbocycles. The van der Waals surface area contributed by atoms with Gasteiger partial charge in [-0.15, -0.1) is 0 Å². The Morgan fingerprint density at radius 1 is 1.22 bits per heavy atom. The number of piperidine rings is 1. The lowest BCUT2D eigenvalue weighted by Gasteiger charge is -2.54. The molecule has 0 aromatic heterocycles. The fraction of sp³-hybridized carbons (Fsp3) is 1.00. The van der Waals surface area contributed by atoms with E-state index >= 15 is 0 Å². The van der Waals surface area contributed by atoms with Crippen molar-refractivity contribution in [3.05, 3.63) is 0 Å². The summed E-state index contributed by atoms with van der Waals surface area (Å²) in [7, 11) is 2.26. The molecule has 2 aliphatic rings.